The first kappa shape index (κ1) is 26.8. The van der Waals surface area contributed by atoms with Gasteiger partial charge >= 0.3 is 0 Å². The number of nitrogens with zero attached hydrogens (tertiary/aromatic N) is 2. The van der Waals surface area contributed by atoms with Crippen molar-refractivity contribution in [2.24, 2.45) is 28.3 Å². The molecule has 5 heteroatoms. The summed E-state index contributed by atoms with van der Waals surface area (Å²) in [5.74, 6) is 0.831. The highest BCUT2D eigenvalue weighted by Gasteiger charge is 2.48. The predicted octanol–water partition coefficient (Wildman–Crippen LogP) is 7.20. The number of hydrogen-bond donors (Lipinski definition) is 1. The Hall–Kier alpha value is -2.27. The number of ketones is 1. The van der Waals surface area contributed by atoms with Crippen molar-refractivity contribution >= 4 is 12.0 Å². The maximum atomic E-state index is 14.6. The maximum absolute atomic E-state index is 14.6. The second kappa shape index (κ2) is 10.6. The van der Waals surface area contributed by atoms with Crippen molar-refractivity contribution in [2.75, 3.05) is 0 Å². The van der Waals surface area contributed by atoms with E-state index in [0.29, 0.717) is 23.8 Å². The predicted molar refractivity (Wildman–Crippen MR) is 146 cm³/mol. The number of carbonyl (C=O) groups excluding carboxylic acids is 1. The van der Waals surface area contributed by atoms with Crippen LogP contribution in [0.4, 0.5) is 4.39 Å². The van der Waals surface area contributed by atoms with Crippen molar-refractivity contribution in [3.8, 4) is 0 Å². The molecule has 2 aliphatic heterocycles. The smallest absolute Gasteiger partial charge is 0.144 e. The Morgan fingerprint density at radius 1 is 1.19 bits per heavy atom. The molecule has 4 nitrogen and oxygen atoms in total. The second-order valence-electron chi connectivity index (χ2n) is 11.8. The molecule has 3 aliphatic rings. The van der Waals surface area contributed by atoms with E-state index in [2.05, 4.69) is 70.2 Å². The number of allylic oxidation sites excluding steroid dienone is 4. The summed E-state index contributed by atoms with van der Waals surface area (Å²) in [4.78, 5) is 13.5. The zero-order valence-corrected chi connectivity index (χ0v) is 22.9. The number of nitrogens with one attached hydrogen (secondary N) is 1. The molecule has 0 radical (unpaired) electrons. The lowest BCUT2D eigenvalue weighted by Gasteiger charge is -2.48. The quantitative estimate of drug-likeness (QED) is 0.396. The van der Waals surface area contributed by atoms with Gasteiger partial charge in [-0.2, -0.15) is 5.10 Å². The molecular formula is C31H44FN3O. The molecule has 36 heavy (non-hydrogen) atoms. The number of hydrazone groups is 1. The van der Waals surface area contributed by atoms with Gasteiger partial charge in [-0.05, 0) is 74.8 Å². The normalized spacial score (nSPS) is 29.2. The molecule has 4 rings (SSSR count). The fourth-order valence-electron chi connectivity index (χ4n) is 6.43. The minimum atomic E-state index is -0.314. The summed E-state index contributed by atoms with van der Waals surface area (Å²) < 4.78 is 14.6. The average Bonchev–Trinajstić information content (AvgIpc) is 3.29. The van der Waals surface area contributed by atoms with Gasteiger partial charge in [0.25, 0.3) is 0 Å². The van der Waals surface area contributed by atoms with Crippen LogP contribution >= 0.6 is 0 Å². The largest absolute Gasteiger partial charge is 0.299 e. The fourth-order valence-corrected chi connectivity index (χ4v) is 6.43. The van der Waals surface area contributed by atoms with Crippen molar-refractivity contribution in [3.63, 3.8) is 0 Å². The lowest BCUT2D eigenvalue weighted by Crippen LogP contribution is -2.61. The Morgan fingerprint density at radius 3 is 2.58 bits per heavy atom. The van der Waals surface area contributed by atoms with Gasteiger partial charge in [0.2, 0.25) is 0 Å². The average molecular weight is 494 g/mol. The Kier molecular flexibility index (Phi) is 7.89. The number of carbonyl (C=O) groups is 1. The molecule has 1 saturated heterocycles. The van der Waals surface area contributed by atoms with Crippen LogP contribution in [0.1, 0.15) is 91.7 Å². The number of fused-ring (bicyclic) bond motifs is 1. The Labute approximate surface area is 217 Å². The van der Waals surface area contributed by atoms with Gasteiger partial charge in [0.05, 0.1) is 11.5 Å². The van der Waals surface area contributed by atoms with Crippen LogP contribution in [0.25, 0.3) is 0 Å². The first-order chi connectivity index (χ1) is 17.1. The van der Waals surface area contributed by atoms with Crippen LogP contribution in [0, 0.1) is 29.0 Å². The van der Waals surface area contributed by atoms with Crippen LogP contribution in [-0.2, 0) is 4.79 Å². The number of halogens is 1. The van der Waals surface area contributed by atoms with E-state index in [1.165, 1.54) is 11.6 Å². The molecule has 1 aromatic rings. The summed E-state index contributed by atoms with van der Waals surface area (Å²) in [6.07, 6.45) is 14.0. The molecular weight excluding hydrogens is 449 g/mol. The monoisotopic (exact) mass is 493 g/mol. The third-order valence-corrected chi connectivity index (χ3v) is 9.20. The molecule has 1 fully saturated rings. The fraction of sp³-hybridized carbons (Fsp3) is 0.613. The third kappa shape index (κ3) is 5.09. The molecule has 1 aliphatic carbocycles. The summed E-state index contributed by atoms with van der Waals surface area (Å²) >= 11 is 0. The molecule has 0 saturated carbocycles. The Balaban J connectivity index is 1.44. The minimum Gasteiger partial charge on any atom is -0.299 e. The van der Waals surface area contributed by atoms with Gasteiger partial charge in [0, 0.05) is 24.2 Å². The van der Waals surface area contributed by atoms with Gasteiger partial charge in [0.1, 0.15) is 17.8 Å². The highest BCUT2D eigenvalue weighted by atomic mass is 19.1. The van der Waals surface area contributed by atoms with Crippen molar-refractivity contribution in [1.29, 1.82) is 0 Å². The van der Waals surface area contributed by atoms with Crippen LogP contribution in [0.2, 0.25) is 0 Å². The molecule has 5 unspecified atom stereocenters. The van der Waals surface area contributed by atoms with E-state index in [9.17, 15) is 9.18 Å². The SMILES string of the molecule is CCC(CC)(CCCC(=O)C1C=NN2C1NC(c1ccccc1F)CC2(C)C)C1=CC(C)C(C)C=C1. The second-order valence-corrected chi connectivity index (χ2v) is 11.8. The molecule has 5 atom stereocenters. The lowest BCUT2D eigenvalue weighted by atomic mass is 9.68. The van der Waals surface area contributed by atoms with Gasteiger partial charge < -0.3 is 0 Å². The zero-order valence-electron chi connectivity index (χ0n) is 22.9. The molecule has 196 valence electrons. The van der Waals surface area contributed by atoms with Crippen LogP contribution in [-0.4, -0.2) is 28.7 Å². The highest BCUT2D eigenvalue weighted by molar-refractivity contribution is 5.96. The molecule has 2 heterocycles. The number of rotatable bonds is 9. The van der Waals surface area contributed by atoms with E-state index in [4.69, 9.17) is 0 Å². The van der Waals surface area contributed by atoms with Gasteiger partial charge in [0.15, 0.2) is 0 Å². The van der Waals surface area contributed by atoms with Crippen LogP contribution in [0.5, 0.6) is 0 Å². The lowest BCUT2D eigenvalue weighted by molar-refractivity contribution is -0.124. The zero-order chi connectivity index (χ0) is 26.1. The van der Waals surface area contributed by atoms with Crippen molar-refractivity contribution in [1.82, 2.24) is 10.3 Å². The van der Waals surface area contributed by atoms with E-state index in [1.54, 1.807) is 6.07 Å². The first-order valence-corrected chi connectivity index (χ1v) is 13.9. The van der Waals surface area contributed by atoms with E-state index in [1.807, 2.05) is 23.4 Å². The molecule has 0 aromatic heterocycles. The first-order valence-electron chi connectivity index (χ1n) is 13.9. The Bertz CT molecular complexity index is 1040. The summed E-state index contributed by atoms with van der Waals surface area (Å²) in [6, 6.07) is 6.80. The number of benzene rings is 1. The summed E-state index contributed by atoms with van der Waals surface area (Å²) in [5.41, 5.74) is 1.96. The number of hydrogen-bond acceptors (Lipinski definition) is 4. The van der Waals surface area contributed by atoms with Crippen LogP contribution in [0.15, 0.2) is 53.2 Å². The minimum absolute atomic E-state index is 0.127. The van der Waals surface area contributed by atoms with E-state index >= 15 is 0 Å². The van der Waals surface area contributed by atoms with Crippen molar-refractivity contribution in [2.45, 2.75) is 97.8 Å². The van der Waals surface area contributed by atoms with E-state index < -0.39 is 0 Å². The highest BCUT2D eigenvalue weighted by Crippen LogP contribution is 2.44. The van der Waals surface area contributed by atoms with Crippen molar-refractivity contribution in [3.05, 3.63) is 59.4 Å². The van der Waals surface area contributed by atoms with Crippen LogP contribution in [0.3, 0.4) is 0 Å². The van der Waals surface area contributed by atoms with Crippen molar-refractivity contribution < 1.29 is 9.18 Å². The Morgan fingerprint density at radius 2 is 1.92 bits per heavy atom. The maximum Gasteiger partial charge on any atom is 0.144 e. The number of Topliss-reactive ketones (excluding diaryl/α,β-unsaturated/α-hetero) is 1. The van der Waals surface area contributed by atoms with E-state index in [-0.39, 0.29) is 40.7 Å². The molecule has 0 amide bonds. The van der Waals surface area contributed by atoms with Gasteiger partial charge in [-0.3, -0.25) is 15.1 Å². The molecule has 1 aromatic carbocycles. The third-order valence-electron chi connectivity index (χ3n) is 9.20. The van der Waals surface area contributed by atoms with Gasteiger partial charge in [-0.1, -0.05) is 64.1 Å². The van der Waals surface area contributed by atoms with E-state index in [0.717, 1.165) is 32.1 Å². The van der Waals surface area contributed by atoms with Gasteiger partial charge in [-0.15, -0.1) is 0 Å². The summed E-state index contributed by atoms with van der Waals surface area (Å²) in [5, 5.41) is 10.2. The summed E-state index contributed by atoms with van der Waals surface area (Å²) in [6.45, 7) is 13.4. The molecule has 0 bridgehead atoms. The molecule has 0 spiro atoms. The molecule has 1 N–H and O–H groups in total. The topological polar surface area (TPSA) is 44.7 Å². The standard InChI is InChI=1S/C31H44FN3O/c1-7-31(8-2,23-16-15-21(3)22(4)18-23)17-11-14-28(36)25-20-33-35-29(25)34-27(19-30(35,5)6)24-12-9-10-13-26(24)32/h9-10,12-13,15-16,18,20-22,25,27,29,34H,7-8,11,14,17,19H2,1-6H3. The summed E-state index contributed by atoms with van der Waals surface area (Å²) in [7, 11) is 0. The van der Waals surface area contributed by atoms with Crippen LogP contribution < -0.4 is 5.32 Å². The van der Waals surface area contributed by atoms with Gasteiger partial charge in [-0.25, -0.2) is 4.39 Å².